The molecule has 2 nitrogen and oxygen atoms in total. The summed E-state index contributed by atoms with van der Waals surface area (Å²) in [7, 11) is 0. The minimum atomic E-state index is -4.15. The third-order valence-electron chi connectivity index (χ3n) is 2.96. The van der Waals surface area contributed by atoms with Gasteiger partial charge < -0.3 is 5.32 Å². The minimum absolute atomic E-state index is 0.00922. The standard InChI is InChI=1S/C11H17F3N2S/c12-11(13,14)17-7-6-16-10-5-3-1-2-4-9(10)8-15/h9-10,16H,1-7H2. The lowest BCUT2D eigenvalue weighted by molar-refractivity contribution is -0.0327. The van der Waals surface area contributed by atoms with Crippen LogP contribution in [-0.4, -0.2) is 23.8 Å². The Kier molecular flexibility index (Phi) is 6.14. The van der Waals surface area contributed by atoms with Gasteiger partial charge in [0.25, 0.3) is 0 Å². The first-order valence-corrected chi connectivity index (χ1v) is 6.85. The first-order valence-electron chi connectivity index (χ1n) is 5.86. The van der Waals surface area contributed by atoms with Gasteiger partial charge in [0.15, 0.2) is 0 Å². The maximum atomic E-state index is 11.9. The third-order valence-corrected chi connectivity index (χ3v) is 3.69. The van der Waals surface area contributed by atoms with Gasteiger partial charge in [-0.05, 0) is 24.6 Å². The predicted octanol–water partition coefficient (Wildman–Crippen LogP) is 3.30. The zero-order valence-corrected chi connectivity index (χ0v) is 10.4. The monoisotopic (exact) mass is 266 g/mol. The Labute approximate surface area is 104 Å². The van der Waals surface area contributed by atoms with Crippen molar-refractivity contribution in [1.29, 1.82) is 5.26 Å². The van der Waals surface area contributed by atoms with Crippen molar-refractivity contribution in [2.75, 3.05) is 12.3 Å². The van der Waals surface area contributed by atoms with Crippen molar-refractivity contribution in [3.8, 4) is 6.07 Å². The average molecular weight is 266 g/mol. The van der Waals surface area contributed by atoms with Crippen molar-refractivity contribution in [1.82, 2.24) is 5.32 Å². The number of nitrogens with zero attached hydrogens (tertiary/aromatic N) is 1. The second-order valence-corrected chi connectivity index (χ2v) is 5.39. The molecule has 1 saturated carbocycles. The van der Waals surface area contributed by atoms with E-state index in [-0.39, 0.29) is 29.5 Å². The van der Waals surface area contributed by atoms with Gasteiger partial charge in [0, 0.05) is 18.3 Å². The second-order valence-electron chi connectivity index (χ2n) is 4.23. The molecule has 0 aromatic rings. The van der Waals surface area contributed by atoms with Crippen LogP contribution in [0.15, 0.2) is 0 Å². The van der Waals surface area contributed by atoms with E-state index in [2.05, 4.69) is 11.4 Å². The van der Waals surface area contributed by atoms with Crippen LogP contribution < -0.4 is 5.32 Å². The van der Waals surface area contributed by atoms with Crippen molar-refractivity contribution in [2.45, 2.75) is 43.7 Å². The summed E-state index contributed by atoms with van der Waals surface area (Å²) < 4.78 is 35.7. The highest BCUT2D eigenvalue weighted by Gasteiger charge is 2.28. The second kappa shape index (κ2) is 7.12. The molecule has 0 heterocycles. The van der Waals surface area contributed by atoms with Gasteiger partial charge in [-0.15, -0.1) is 0 Å². The Morgan fingerprint density at radius 1 is 1.24 bits per heavy atom. The van der Waals surface area contributed by atoms with Gasteiger partial charge >= 0.3 is 5.51 Å². The first kappa shape index (κ1) is 14.7. The molecule has 17 heavy (non-hydrogen) atoms. The van der Waals surface area contributed by atoms with Crippen LogP contribution in [0.3, 0.4) is 0 Å². The van der Waals surface area contributed by atoms with Crippen molar-refractivity contribution in [2.24, 2.45) is 5.92 Å². The molecule has 0 bridgehead atoms. The largest absolute Gasteiger partial charge is 0.441 e. The normalized spacial score (nSPS) is 26.2. The Hall–Kier alpha value is -0.410. The maximum absolute atomic E-state index is 11.9. The molecule has 0 saturated heterocycles. The molecule has 1 fully saturated rings. The maximum Gasteiger partial charge on any atom is 0.441 e. The number of rotatable bonds is 4. The predicted molar refractivity (Wildman–Crippen MR) is 62.5 cm³/mol. The Bertz CT molecular complexity index is 262. The van der Waals surface area contributed by atoms with Gasteiger partial charge in [-0.2, -0.15) is 18.4 Å². The van der Waals surface area contributed by atoms with E-state index in [0.29, 0.717) is 6.54 Å². The number of alkyl halides is 3. The summed E-state index contributed by atoms with van der Waals surface area (Å²) in [5, 5.41) is 12.1. The number of hydrogen-bond acceptors (Lipinski definition) is 3. The number of halogens is 3. The fourth-order valence-electron chi connectivity index (χ4n) is 2.12. The van der Waals surface area contributed by atoms with E-state index < -0.39 is 5.51 Å². The van der Waals surface area contributed by atoms with Crippen molar-refractivity contribution in [3.05, 3.63) is 0 Å². The molecule has 6 heteroatoms. The lowest BCUT2D eigenvalue weighted by Crippen LogP contribution is -2.36. The molecule has 1 aliphatic carbocycles. The molecule has 2 unspecified atom stereocenters. The van der Waals surface area contributed by atoms with E-state index in [1.54, 1.807) is 0 Å². The Morgan fingerprint density at radius 3 is 2.59 bits per heavy atom. The zero-order chi connectivity index (χ0) is 12.7. The van der Waals surface area contributed by atoms with Gasteiger partial charge in [0.1, 0.15) is 0 Å². The SMILES string of the molecule is N#CC1CCCCCC1NCCSC(F)(F)F. The average Bonchev–Trinajstić information content (AvgIpc) is 2.47. The fourth-order valence-corrected chi connectivity index (χ4v) is 2.57. The topological polar surface area (TPSA) is 35.8 Å². The van der Waals surface area contributed by atoms with Crippen LogP contribution in [0.2, 0.25) is 0 Å². The lowest BCUT2D eigenvalue weighted by Gasteiger charge is -2.20. The Morgan fingerprint density at radius 2 is 1.94 bits per heavy atom. The zero-order valence-electron chi connectivity index (χ0n) is 9.59. The highest BCUT2D eigenvalue weighted by atomic mass is 32.2. The molecule has 98 valence electrons. The lowest BCUT2D eigenvalue weighted by atomic mass is 9.96. The molecule has 0 spiro atoms. The molecule has 0 amide bonds. The van der Waals surface area contributed by atoms with Crippen molar-refractivity contribution >= 4 is 11.8 Å². The van der Waals surface area contributed by atoms with E-state index in [0.717, 1.165) is 32.1 Å². The molecular formula is C11H17F3N2S. The number of hydrogen-bond donors (Lipinski definition) is 1. The minimum Gasteiger partial charge on any atom is -0.312 e. The molecule has 0 aliphatic heterocycles. The smallest absolute Gasteiger partial charge is 0.312 e. The molecule has 1 aliphatic rings. The molecule has 0 aromatic heterocycles. The van der Waals surface area contributed by atoms with E-state index in [1.807, 2.05) is 0 Å². The summed E-state index contributed by atoms with van der Waals surface area (Å²) in [5.41, 5.74) is -4.15. The highest BCUT2D eigenvalue weighted by Crippen LogP contribution is 2.29. The number of nitriles is 1. The van der Waals surface area contributed by atoms with E-state index in [4.69, 9.17) is 5.26 Å². The molecule has 2 atom stereocenters. The summed E-state index contributed by atoms with van der Waals surface area (Å²) in [5.74, 6) is -0.0357. The van der Waals surface area contributed by atoms with Crippen molar-refractivity contribution < 1.29 is 13.2 Å². The van der Waals surface area contributed by atoms with Crippen LogP contribution in [0, 0.1) is 17.2 Å². The summed E-state index contributed by atoms with van der Waals surface area (Å²) in [6, 6.07) is 2.33. The molecule has 0 radical (unpaired) electrons. The molecule has 1 rings (SSSR count). The first-order chi connectivity index (χ1) is 8.03. The molecule has 0 aromatic carbocycles. The van der Waals surface area contributed by atoms with Crippen LogP contribution in [0.25, 0.3) is 0 Å². The number of nitrogens with one attached hydrogen (secondary N) is 1. The quantitative estimate of drug-likeness (QED) is 0.626. The van der Waals surface area contributed by atoms with Crippen molar-refractivity contribution in [3.63, 3.8) is 0 Å². The Balaban J connectivity index is 2.26. The number of thioether (sulfide) groups is 1. The van der Waals surface area contributed by atoms with E-state index >= 15 is 0 Å². The summed E-state index contributed by atoms with van der Waals surface area (Å²) in [6.07, 6.45) is 4.99. The van der Waals surface area contributed by atoms with E-state index in [9.17, 15) is 13.2 Å². The fraction of sp³-hybridized carbons (Fsp3) is 0.909. The van der Waals surface area contributed by atoms with Crippen LogP contribution >= 0.6 is 11.8 Å². The van der Waals surface area contributed by atoms with Crippen LogP contribution in [0.4, 0.5) is 13.2 Å². The van der Waals surface area contributed by atoms with Gasteiger partial charge in [-0.25, -0.2) is 0 Å². The van der Waals surface area contributed by atoms with Gasteiger partial charge in [0.2, 0.25) is 0 Å². The van der Waals surface area contributed by atoms with Crippen LogP contribution in [-0.2, 0) is 0 Å². The summed E-state index contributed by atoms with van der Waals surface area (Å²) >= 11 is -0.00922. The summed E-state index contributed by atoms with van der Waals surface area (Å²) in [4.78, 5) is 0. The van der Waals surface area contributed by atoms with E-state index in [1.165, 1.54) is 0 Å². The van der Waals surface area contributed by atoms with Gasteiger partial charge in [0.05, 0.1) is 12.0 Å². The molecule has 1 N–H and O–H groups in total. The van der Waals surface area contributed by atoms with Gasteiger partial charge in [-0.1, -0.05) is 19.3 Å². The summed E-state index contributed by atoms with van der Waals surface area (Å²) in [6.45, 7) is 0.313. The molecular weight excluding hydrogens is 249 g/mol. The van der Waals surface area contributed by atoms with Gasteiger partial charge in [-0.3, -0.25) is 0 Å². The van der Waals surface area contributed by atoms with Crippen LogP contribution in [0.1, 0.15) is 32.1 Å². The highest BCUT2D eigenvalue weighted by molar-refractivity contribution is 8.00. The third kappa shape index (κ3) is 6.18. The van der Waals surface area contributed by atoms with Crippen LogP contribution in [0.5, 0.6) is 0 Å².